The van der Waals surface area contributed by atoms with Crippen molar-refractivity contribution in [2.75, 3.05) is 11.9 Å². The number of carbonyl (C=O) groups excluding carboxylic acids is 1. The van der Waals surface area contributed by atoms with Crippen LogP contribution in [0.25, 0.3) is 0 Å². The van der Waals surface area contributed by atoms with Gasteiger partial charge in [-0.2, -0.15) is 0 Å². The van der Waals surface area contributed by atoms with E-state index in [1.165, 1.54) is 5.56 Å². The van der Waals surface area contributed by atoms with Gasteiger partial charge >= 0.3 is 0 Å². The normalized spacial score (nSPS) is 18.5. The zero-order valence-corrected chi connectivity index (χ0v) is 18.8. The van der Waals surface area contributed by atoms with Gasteiger partial charge in [0.05, 0.1) is 4.90 Å². The summed E-state index contributed by atoms with van der Waals surface area (Å²) in [5.41, 5.74) is 2.95. The fraction of sp³-hybridized carbons (Fsp3) is 0.458. The lowest BCUT2D eigenvalue weighted by atomic mass is 9.92. The first-order valence-corrected chi connectivity index (χ1v) is 12.8. The molecule has 2 aromatic rings. The molecule has 1 amide bonds. The Bertz CT molecular complexity index is 1140. The molecule has 3 aliphatic rings. The van der Waals surface area contributed by atoms with Gasteiger partial charge in [0.1, 0.15) is 0 Å². The Kier molecular flexibility index (Phi) is 5.59. The van der Waals surface area contributed by atoms with E-state index in [1.54, 1.807) is 30.3 Å². The summed E-state index contributed by atoms with van der Waals surface area (Å²) in [4.78, 5) is 12.6. The van der Waals surface area contributed by atoms with Crippen LogP contribution in [0.3, 0.4) is 0 Å². The highest BCUT2D eigenvalue weighted by Gasteiger charge is 2.44. The Morgan fingerprint density at radius 2 is 1.66 bits per heavy atom. The Morgan fingerprint density at radius 3 is 2.47 bits per heavy atom. The fourth-order valence-electron chi connectivity index (χ4n) is 4.77. The maximum absolute atomic E-state index is 12.6. The number of aryl methyl sites for hydroxylation is 2. The number of anilines is 1. The number of ether oxygens (including phenoxy) is 2. The van der Waals surface area contributed by atoms with Gasteiger partial charge < -0.3 is 14.8 Å². The molecule has 0 unspecified atom stereocenters. The largest absolute Gasteiger partial charge is 0.448 e. The summed E-state index contributed by atoms with van der Waals surface area (Å²) in [5, 5.41) is 2.81. The Balaban J connectivity index is 1.15. The highest BCUT2D eigenvalue weighted by Crippen LogP contribution is 2.47. The van der Waals surface area contributed by atoms with Gasteiger partial charge in [-0.25, -0.2) is 13.1 Å². The van der Waals surface area contributed by atoms with Crippen molar-refractivity contribution in [2.45, 2.75) is 68.5 Å². The van der Waals surface area contributed by atoms with E-state index < -0.39 is 15.8 Å². The van der Waals surface area contributed by atoms with Gasteiger partial charge in [0.15, 0.2) is 11.5 Å². The van der Waals surface area contributed by atoms with Crippen molar-refractivity contribution in [2.24, 2.45) is 0 Å². The first-order chi connectivity index (χ1) is 15.4. The van der Waals surface area contributed by atoms with Gasteiger partial charge in [0, 0.05) is 37.6 Å². The van der Waals surface area contributed by atoms with Crippen molar-refractivity contribution in [1.82, 2.24) is 4.72 Å². The number of fused-ring (bicyclic) bond motifs is 2. The van der Waals surface area contributed by atoms with Crippen LogP contribution < -0.4 is 19.5 Å². The number of hydrogen-bond acceptors (Lipinski definition) is 5. The maximum atomic E-state index is 12.6. The standard InChI is InChI=1S/C24H28N2O5S/c27-23(26-19-8-10-21-22(16-19)31-24(30-21)12-3-4-13-24)11-14-25-32(28,29)20-9-7-17-5-1-2-6-18(17)15-20/h7-10,15-16,25H,1-6,11-14H2,(H,26,27). The molecular formula is C24H28N2O5S. The second kappa shape index (κ2) is 8.41. The quantitative estimate of drug-likeness (QED) is 0.687. The lowest BCUT2D eigenvalue weighted by Crippen LogP contribution is -2.34. The molecule has 2 aliphatic carbocycles. The third-order valence-corrected chi connectivity index (χ3v) is 7.92. The number of carbonyl (C=O) groups is 1. The molecule has 1 fully saturated rings. The zero-order valence-electron chi connectivity index (χ0n) is 18.0. The number of rotatable bonds is 6. The lowest BCUT2D eigenvalue weighted by Gasteiger charge is -2.21. The molecule has 0 saturated heterocycles. The average Bonchev–Trinajstić information content (AvgIpc) is 3.38. The van der Waals surface area contributed by atoms with Crippen LogP contribution in [0.5, 0.6) is 11.5 Å². The lowest BCUT2D eigenvalue weighted by molar-refractivity contribution is -0.116. The molecule has 7 nitrogen and oxygen atoms in total. The minimum Gasteiger partial charge on any atom is -0.448 e. The molecule has 0 radical (unpaired) electrons. The predicted octanol–water partition coefficient (Wildman–Crippen LogP) is 3.91. The van der Waals surface area contributed by atoms with Crippen LogP contribution in [0.4, 0.5) is 5.69 Å². The van der Waals surface area contributed by atoms with Crippen LogP contribution in [0.15, 0.2) is 41.3 Å². The van der Waals surface area contributed by atoms with Gasteiger partial charge in [-0.3, -0.25) is 4.79 Å². The van der Waals surface area contributed by atoms with Crippen molar-refractivity contribution in [3.05, 3.63) is 47.5 Å². The third kappa shape index (κ3) is 4.34. The van der Waals surface area contributed by atoms with Crippen molar-refractivity contribution < 1.29 is 22.7 Å². The average molecular weight is 457 g/mol. The van der Waals surface area contributed by atoms with E-state index in [0.29, 0.717) is 17.2 Å². The molecule has 0 bridgehead atoms. The summed E-state index contributed by atoms with van der Waals surface area (Å²) in [6, 6.07) is 10.7. The first kappa shape index (κ1) is 21.3. The SMILES string of the molecule is O=C(CCNS(=O)(=O)c1ccc2c(c1)CCCC2)Nc1ccc2c(c1)OC1(CCCC1)O2. The highest BCUT2D eigenvalue weighted by atomic mass is 32.2. The van der Waals surface area contributed by atoms with Crippen molar-refractivity contribution in [3.8, 4) is 11.5 Å². The molecule has 0 aromatic heterocycles. The van der Waals surface area contributed by atoms with Crippen molar-refractivity contribution in [3.63, 3.8) is 0 Å². The van der Waals surface area contributed by atoms with Crippen molar-refractivity contribution in [1.29, 1.82) is 0 Å². The summed E-state index contributed by atoms with van der Waals surface area (Å²) < 4.78 is 39.8. The molecule has 2 aromatic carbocycles. The van der Waals surface area contributed by atoms with E-state index >= 15 is 0 Å². The number of benzene rings is 2. The predicted molar refractivity (Wildman–Crippen MR) is 120 cm³/mol. The molecule has 170 valence electrons. The summed E-state index contributed by atoms with van der Waals surface area (Å²) >= 11 is 0. The van der Waals surface area contributed by atoms with Gasteiger partial charge in [-0.15, -0.1) is 0 Å². The smallest absolute Gasteiger partial charge is 0.251 e. The molecule has 0 atom stereocenters. The highest BCUT2D eigenvalue weighted by molar-refractivity contribution is 7.89. The summed E-state index contributed by atoms with van der Waals surface area (Å²) in [5.74, 6) is 0.521. The van der Waals surface area contributed by atoms with E-state index in [1.807, 2.05) is 6.07 Å². The molecule has 1 aliphatic heterocycles. The maximum Gasteiger partial charge on any atom is 0.251 e. The number of amides is 1. The summed E-state index contributed by atoms with van der Waals surface area (Å²) in [6.07, 6.45) is 8.09. The van der Waals surface area contributed by atoms with Crippen LogP contribution in [0, 0.1) is 0 Å². The van der Waals surface area contributed by atoms with Gasteiger partial charge in [-0.05, 0) is 73.9 Å². The Labute approximate surface area is 188 Å². The summed E-state index contributed by atoms with van der Waals surface area (Å²) in [7, 11) is -3.65. The van der Waals surface area contributed by atoms with Crippen LogP contribution in [-0.2, 0) is 27.7 Å². The minimum absolute atomic E-state index is 0.0267. The van der Waals surface area contributed by atoms with E-state index in [-0.39, 0.29) is 23.8 Å². The fourth-order valence-corrected chi connectivity index (χ4v) is 5.85. The van der Waals surface area contributed by atoms with Crippen LogP contribution in [-0.4, -0.2) is 26.7 Å². The molecule has 5 rings (SSSR count). The van der Waals surface area contributed by atoms with Gasteiger partial charge in [0.25, 0.3) is 5.79 Å². The molecule has 2 N–H and O–H groups in total. The van der Waals surface area contributed by atoms with Gasteiger partial charge in [-0.1, -0.05) is 6.07 Å². The van der Waals surface area contributed by atoms with Crippen LogP contribution in [0.1, 0.15) is 56.1 Å². The third-order valence-electron chi connectivity index (χ3n) is 6.46. The summed E-state index contributed by atoms with van der Waals surface area (Å²) in [6.45, 7) is 0.0267. The second-order valence-electron chi connectivity index (χ2n) is 8.82. The molecule has 8 heteroatoms. The molecule has 1 saturated carbocycles. The number of sulfonamides is 1. The Hall–Kier alpha value is -2.58. The van der Waals surface area contributed by atoms with Crippen molar-refractivity contribution >= 4 is 21.6 Å². The van der Waals surface area contributed by atoms with Gasteiger partial charge in [0.2, 0.25) is 15.9 Å². The number of hydrogen-bond donors (Lipinski definition) is 2. The molecule has 32 heavy (non-hydrogen) atoms. The Morgan fingerprint density at radius 1 is 0.906 bits per heavy atom. The molecule has 1 heterocycles. The molecular weight excluding hydrogens is 428 g/mol. The zero-order chi connectivity index (χ0) is 22.2. The second-order valence-corrected chi connectivity index (χ2v) is 10.6. The monoisotopic (exact) mass is 456 g/mol. The van der Waals surface area contributed by atoms with E-state index in [0.717, 1.165) is 56.9 Å². The van der Waals surface area contributed by atoms with E-state index in [4.69, 9.17) is 9.47 Å². The molecule has 1 spiro atoms. The van der Waals surface area contributed by atoms with Crippen LogP contribution in [0.2, 0.25) is 0 Å². The first-order valence-electron chi connectivity index (χ1n) is 11.4. The van der Waals surface area contributed by atoms with E-state index in [2.05, 4.69) is 10.0 Å². The van der Waals surface area contributed by atoms with E-state index in [9.17, 15) is 13.2 Å². The van der Waals surface area contributed by atoms with Crippen LogP contribution >= 0.6 is 0 Å². The minimum atomic E-state index is -3.65. The number of nitrogens with one attached hydrogen (secondary N) is 2. The topological polar surface area (TPSA) is 93.7 Å².